The first-order chi connectivity index (χ1) is 9.64. The van der Waals surface area contributed by atoms with Gasteiger partial charge in [0.2, 0.25) is 0 Å². The van der Waals surface area contributed by atoms with E-state index >= 15 is 0 Å². The molecule has 2 aliphatic rings. The van der Waals surface area contributed by atoms with Crippen LogP contribution in [0.15, 0.2) is 18.2 Å². The highest BCUT2D eigenvalue weighted by Crippen LogP contribution is 2.41. The van der Waals surface area contributed by atoms with Crippen LogP contribution in [0.4, 0.5) is 5.69 Å². The van der Waals surface area contributed by atoms with Crippen molar-refractivity contribution in [1.29, 1.82) is 0 Å². The van der Waals surface area contributed by atoms with Crippen molar-refractivity contribution in [3.05, 3.63) is 23.8 Å². The fourth-order valence-electron chi connectivity index (χ4n) is 2.91. The number of anilines is 1. The van der Waals surface area contributed by atoms with Crippen molar-refractivity contribution in [2.24, 2.45) is 0 Å². The summed E-state index contributed by atoms with van der Waals surface area (Å²) in [6.07, 6.45) is 4.65. The van der Waals surface area contributed by atoms with Crippen LogP contribution in [0.25, 0.3) is 0 Å². The Bertz CT molecular complexity index is 561. The quantitative estimate of drug-likeness (QED) is 0.800. The fraction of sp³-hybridized carbons (Fsp3) is 0.467. The molecule has 20 heavy (non-hydrogen) atoms. The summed E-state index contributed by atoms with van der Waals surface area (Å²) >= 11 is 0. The lowest BCUT2D eigenvalue weighted by molar-refractivity contribution is -0.135. The van der Waals surface area contributed by atoms with Crippen LogP contribution in [-0.2, 0) is 9.53 Å². The average molecular weight is 275 g/mol. The molecule has 0 unspecified atom stereocenters. The van der Waals surface area contributed by atoms with Gasteiger partial charge in [0.15, 0.2) is 5.60 Å². The summed E-state index contributed by atoms with van der Waals surface area (Å²) in [6.45, 7) is 0. The molecule has 106 valence electrons. The van der Waals surface area contributed by atoms with Crippen LogP contribution in [0.3, 0.4) is 0 Å². The summed E-state index contributed by atoms with van der Waals surface area (Å²) in [5, 5.41) is 2.87. The normalized spacial score (nSPS) is 19.8. The van der Waals surface area contributed by atoms with E-state index in [1.807, 2.05) is 0 Å². The molecule has 1 fully saturated rings. The molecular formula is C15H17NO4. The van der Waals surface area contributed by atoms with E-state index in [9.17, 15) is 9.59 Å². The number of fused-ring (bicyclic) bond motifs is 1. The van der Waals surface area contributed by atoms with Crippen LogP contribution in [0.5, 0.6) is 5.75 Å². The van der Waals surface area contributed by atoms with Gasteiger partial charge in [-0.25, -0.2) is 4.79 Å². The number of carbonyl (C=O) groups is 2. The predicted molar refractivity (Wildman–Crippen MR) is 72.9 cm³/mol. The van der Waals surface area contributed by atoms with E-state index in [0.717, 1.165) is 32.1 Å². The number of amides is 1. The Hall–Kier alpha value is -2.04. The van der Waals surface area contributed by atoms with E-state index in [0.29, 0.717) is 17.0 Å². The van der Waals surface area contributed by atoms with Crippen molar-refractivity contribution in [3.8, 4) is 5.75 Å². The number of hydrogen-bond donors (Lipinski definition) is 1. The zero-order valence-electron chi connectivity index (χ0n) is 11.4. The summed E-state index contributed by atoms with van der Waals surface area (Å²) in [6, 6.07) is 4.96. The highest BCUT2D eigenvalue weighted by Gasteiger charge is 2.45. The lowest BCUT2D eigenvalue weighted by Gasteiger charge is -2.39. The van der Waals surface area contributed by atoms with Gasteiger partial charge in [-0.05, 0) is 43.9 Å². The second-order valence-electron chi connectivity index (χ2n) is 5.31. The van der Waals surface area contributed by atoms with E-state index in [-0.39, 0.29) is 5.91 Å². The SMILES string of the molecule is COC(=O)c1ccc2c(c1)NC(=O)C1(CCCCC1)O2. The van der Waals surface area contributed by atoms with E-state index in [2.05, 4.69) is 10.1 Å². The van der Waals surface area contributed by atoms with E-state index in [1.165, 1.54) is 7.11 Å². The lowest BCUT2D eigenvalue weighted by atomic mass is 9.83. The first-order valence-electron chi connectivity index (χ1n) is 6.87. The first kappa shape index (κ1) is 13.0. The Morgan fingerprint density at radius 3 is 2.75 bits per heavy atom. The maximum absolute atomic E-state index is 12.3. The van der Waals surface area contributed by atoms with Crippen LogP contribution in [-0.4, -0.2) is 24.6 Å². The van der Waals surface area contributed by atoms with E-state index in [4.69, 9.17) is 4.74 Å². The molecule has 1 spiro atoms. The molecule has 0 radical (unpaired) electrons. The standard InChI is InChI=1S/C15H17NO4/c1-19-13(17)10-5-6-12-11(9-10)16-14(18)15(20-12)7-3-2-4-8-15/h5-6,9H,2-4,7-8H2,1H3,(H,16,18). The molecule has 1 amide bonds. The van der Waals surface area contributed by atoms with Crippen molar-refractivity contribution in [2.75, 3.05) is 12.4 Å². The molecule has 5 heteroatoms. The molecule has 1 saturated carbocycles. The summed E-state index contributed by atoms with van der Waals surface area (Å²) in [7, 11) is 1.33. The van der Waals surface area contributed by atoms with Crippen molar-refractivity contribution in [2.45, 2.75) is 37.7 Å². The van der Waals surface area contributed by atoms with Crippen molar-refractivity contribution >= 4 is 17.6 Å². The Morgan fingerprint density at radius 1 is 1.30 bits per heavy atom. The molecule has 0 atom stereocenters. The third-order valence-electron chi connectivity index (χ3n) is 4.03. The molecule has 1 heterocycles. The molecule has 1 aromatic carbocycles. The number of ether oxygens (including phenoxy) is 2. The van der Waals surface area contributed by atoms with Crippen LogP contribution in [0.2, 0.25) is 0 Å². The van der Waals surface area contributed by atoms with Crippen molar-refractivity contribution in [3.63, 3.8) is 0 Å². The minimum Gasteiger partial charge on any atom is -0.475 e. The Balaban J connectivity index is 1.92. The van der Waals surface area contributed by atoms with Gasteiger partial charge in [0, 0.05) is 0 Å². The third-order valence-corrected chi connectivity index (χ3v) is 4.03. The minimum atomic E-state index is -0.724. The van der Waals surface area contributed by atoms with Gasteiger partial charge < -0.3 is 14.8 Å². The van der Waals surface area contributed by atoms with Crippen LogP contribution in [0, 0.1) is 0 Å². The van der Waals surface area contributed by atoms with Gasteiger partial charge in [-0.2, -0.15) is 0 Å². The van der Waals surface area contributed by atoms with Crippen LogP contribution < -0.4 is 10.1 Å². The van der Waals surface area contributed by atoms with Gasteiger partial charge in [-0.3, -0.25) is 4.79 Å². The maximum Gasteiger partial charge on any atom is 0.337 e. The van der Waals surface area contributed by atoms with Crippen LogP contribution >= 0.6 is 0 Å². The maximum atomic E-state index is 12.3. The van der Waals surface area contributed by atoms with Crippen molar-refractivity contribution < 1.29 is 19.1 Å². The van der Waals surface area contributed by atoms with E-state index < -0.39 is 11.6 Å². The fourth-order valence-corrected chi connectivity index (χ4v) is 2.91. The summed E-state index contributed by atoms with van der Waals surface area (Å²) in [4.78, 5) is 23.8. The molecule has 0 bridgehead atoms. The molecule has 5 nitrogen and oxygen atoms in total. The number of nitrogens with one attached hydrogen (secondary N) is 1. The summed E-state index contributed by atoms with van der Waals surface area (Å²) < 4.78 is 10.6. The van der Waals surface area contributed by atoms with Crippen LogP contribution in [0.1, 0.15) is 42.5 Å². The number of methoxy groups -OCH3 is 1. The zero-order chi connectivity index (χ0) is 14.2. The van der Waals surface area contributed by atoms with Gasteiger partial charge in [0.1, 0.15) is 5.75 Å². The minimum absolute atomic E-state index is 0.105. The Morgan fingerprint density at radius 2 is 2.05 bits per heavy atom. The summed E-state index contributed by atoms with van der Waals surface area (Å²) in [5.74, 6) is 0.0888. The van der Waals surface area contributed by atoms with Gasteiger partial charge in [0.25, 0.3) is 5.91 Å². The first-order valence-corrected chi connectivity index (χ1v) is 6.87. The Kier molecular flexibility index (Phi) is 3.12. The second kappa shape index (κ2) is 4.81. The van der Waals surface area contributed by atoms with Gasteiger partial charge in [-0.1, -0.05) is 6.42 Å². The lowest BCUT2D eigenvalue weighted by Crippen LogP contribution is -2.52. The second-order valence-corrected chi connectivity index (χ2v) is 5.31. The molecular weight excluding hydrogens is 258 g/mol. The highest BCUT2D eigenvalue weighted by molar-refractivity contribution is 6.02. The molecule has 0 aromatic heterocycles. The smallest absolute Gasteiger partial charge is 0.337 e. The van der Waals surface area contributed by atoms with Crippen molar-refractivity contribution in [1.82, 2.24) is 0 Å². The number of carbonyl (C=O) groups excluding carboxylic acids is 2. The molecule has 0 saturated heterocycles. The zero-order valence-corrected chi connectivity index (χ0v) is 11.4. The number of hydrogen-bond acceptors (Lipinski definition) is 4. The summed E-state index contributed by atoms with van der Waals surface area (Å²) in [5.41, 5.74) is 0.210. The molecule has 1 N–H and O–H groups in total. The highest BCUT2D eigenvalue weighted by atomic mass is 16.5. The monoisotopic (exact) mass is 275 g/mol. The number of benzene rings is 1. The Labute approximate surface area is 117 Å². The molecule has 1 aliphatic heterocycles. The predicted octanol–water partition coefficient (Wildman–Crippen LogP) is 2.51. The van der Waals surface area contributed by atoms with Gasteiger partial charge >= 0.3 is 5.97 Å². The molecule has 3 rings (SSSR count). The van der Waals surface area contributed by atoms with E-state index in [1.54, 1.807) is 18.2 Å². The largest absolute Gasteiger partial charge is 0.475 e. The number of esters is 1. The number of rotatable bonds is 1. The third kappa shape index (κ3) is 2.03. The van der Waals surface area contributed by atoms with Gasteiger partial charge in [-0.15, -0.1) is 0 Å². The molecule has 1 aromatic rings. The molecule has 1 aliphatic carbocycles. The average Bonchev–Trinajstić information content (AvgIpc) is 2.48. The van der Waals surface area contributed by atoms with Gasteiger partial charge in [0.05, 0.1) is 18.4 Å². The topological polar surface area (TPSA) is 64.6 Å².